The van der Waals surface area contributed by atoms with Crippen molar-refractivity contribution in [2.24, 2.45) is 5.92 Å². The SMILES string of the molecule is O=C(Cc1cc(F)c(F)c(F)c1)C1CC2CCC(C1)S2(=O)=O. The first kappa shape index (κ1) is 15.5. The van der Waals surface area contributed by atoms with Gasteiger partial charge in [0.05, 0.1) is 10.5 Å². The van der Waals surface area contributed by atoms with Crippen molar-refractivity contribution in [3.63, 3.8) is 0 Å². The van der Waals surface area contributed by atoms with Crippen LogP contribution in [0.4, 0.5) is 13.2 Å². The maximum atomic E-state index is 13.2. The molecule has 2 unspecified atom stereocenters. The summed E-state index contributed by atoms with van der Waals surface area (Å²) >= 11 is 0. The number of Topliss-reactive ketones (excluding diaryl/α,β-unsaturated/α-hetero) is 1. The fourth-order valence-corrected chi connectivity index (χ4v) is 6.00. The molecular formula is C15H15F3O3S. The molecule has 22 heavy (non-hydrogen) atoms. The largest absolute Gasteiger partial charge is 0.299 e. The summed E-state index contributed by atoms with van der Waals surface area (Å²) in [6, 6.07) is 1.62. The Morgan fingerprint density at radius 1 is 1.05 bits per heavy atom. The van der Waals surface area contributed by atoms with Gasteiger partial charge in [-0.1, -0.05) is 0 Å². The van der Waals surface area contributed by atoms with Gasteiger partial charge in [0.25, 0.3) is 0 Å². The third-order valence-electron chi connectivity index (χ3n) is 4.71. The van der Waals surface area contributed by atoms with Crippen LogP contribution in [0.5, 0.6) is 0 Å². The maximum absolute atomic E-state index is 13.2. The van der Waals surface area contributed by atoms with Crippen LogP contribution in [-0.2, 0) is 21.1 Å². The number of benzene rings is 1. The molecule has 2 bridgehead atoms. The molecule has 2 heterocycles. The molecular weight excluding hydrogens is 317 g/mol. The van der Waals surface area contributed by atoms with Gasteiger partial charge in [-0.25, -0.2) is 21.6 Å². The number of carbonyl (C=O) groups excluding carboxylic acids is 1. The van der Waals surface area contributed by atoms with Crippen LogP contribution in [0.15, 0.2) is 12.1 Å². The minimum absolute atomic E-state index is 0.0715. The number of fused-ring (bicyclic) bond motifs is 2. The molecule has 2 fully saturated rings. The van der Waals surface area contributed by atoms with E-state index in [2.05, 4.69) is 0 Å². The Hall–Kier alpha value is -1.37. The fourth-order valence-electron chi connectivity index (χ4n) is 3.53. The lowest BCUT2D eigenvalue weighted by atomic mass is 9.91. The molecule has 2 saturated heterocycles. The van der Waals surface area contributed by atoms with Gasteiger partial charge in [0, 0.05) is 12.3 Å². The van der Waals surface area contributed by atoms with Crippen molar-refractivity contribution in [2.75, 3.05) is 0 Å². The molecule has 0 radical (unpaired) electrons. The Morgan fingerprint density at radius 3 is 2.05 bits per heavy atom. The highest BCUT2D eigenvalue weighted by Gasteiger charge is 2.48. The normalized spacial score (nSPS) is 29.5. The number of rotatable bonds is 3. The molecule has 0 saturated carbocycles. The van der Waals surface area contributed by atoms with E-state index in [9.17, 15) is 26.4 Å². The molecule has 0 aliphatic carbocycles. The monoisotopic (exact) mass is 332 g/mol. The molecule has 3 nitrogen and oxygen atoms in total. The van der Waals surface area contributed by atoms with Crippen LogP contribution in [0, 0.1) is 23.4 Å². The van der Waals surface area contributed by atoms with Crippen molar-refractivity contribution in [1.29, 1.82) is 0 Å². The van der Waals surface area contributed by atoms with Crippen molar-refractivity contribution in [3.05, 3.63) is 35.1 Å². The molecule has 0 N–H and O–H groups in total. The molecule has 2 aliphatic rings. The zero-order chi connectivity index (χ0) is 16.1. The maximum Gasteiger partial charge on any atom is 0.194 e. The minimum atomic E-state index is -3.11. The molecule has 0 aromatic heterocycles. The van der Waals surface area contributed by atoms with Crippen LogP contribution in [0.3, 0.4) is 0 Å². The van der Waals surface area contributed by atoms with Crippen molar-refractivity contribution in [1.82, 2.24) is 0 Å². The topological polar surface area (TPSA) is 51.2 Å². The zero-order valence-electron chi connectivity index (χ0n) is 11.7. The van der Waals surface area contributed by atoms with Crippen LogP contribution in [0.25, 0.3) is 0 Å². The second-order valence-electron chi connectivity index (χ2n) is 6.10. The lowest BCUT2D eigenvalue weighted by Crippen LogP contribution is -2.36. The molecule has 3 rings (SSSR count). The van der Waals surface area contributed by atoms with Crippen LogP contribution >= 0.6 is 0 Å². The van der Waals surface area contributed by atoms with Gasteiger partial charge in [-0.05, 0) is 43.4 Å². The van der Waals surface area contributed by atoms with E-state index in [1.807, 2.05) is 0 Å². The zero-order valence-corrected chi connectivity index (χ0v) is 12.5. The van der Waals surface area contributed by atoms with Gasteiger partial charge in [0.15, 0.2) is 27.3 Å². The summed E-state index contributed by atoms with van der Waals surface area (Å²) in [5, 5.41) is -0.941. The molecule has 0 amide bonds. The smallest absolute Gasteiger partial charge is 0.194 e. The Morgan fingerprint density at radius 2 is 1.55 bits per heavy atom. The van der Waals surface area contributed by atoms with Crippen LogP contribution in [0.2, 0.25) is 0 Å². The first-order valence-electron chi connectivity index (χ1n) is 7.18. The Kier molecular flexibility index (Phi) is 3.79. The van der Waals surface area contributed by atoms with E-state index in [4.69, 9.17) is 0 Å². The highest BCUT2D eigenvalue weighted by molar-refractivity contribution is 7.93. The van der Waals surface area contributed by atoms with Crippen LogP contribution in [0.1, 0.15) is 31.2 Å². The van der Waals surface area contributed by atoms with Gasteiger partial charge in [-0.15, -0.1) is 0 Å². The van der Waals surface area contributed by atoms with E-state index >= 15 is 0 Å². The number of ketones is 1. The van der Waals surface area contributed by atoms with Crippen LogP contribution < -0.4 is 0 Å². The van der Waals surface area contributed by atoms with E-state index in [1.54, 1.807) is 0 Å². The molecule has 0 spiro atoms. The van der Waals surface area contributed by atoms with E-state index in [0.29, 0.717) is 12.8 Å². The van der Waals surface area contributed by atoms with Gasteiger partial charge in [0.2, 0.25) is 0 Å². The minimum Gasteiger partial charge on any atom is -0.299 e. The van der Waals surface area contributed by atoms with Gasteiger partial charge in [-0.3, -0.25) is 4.79 Å². The first-order chi connectivity index (χ1) is 10.3. The highest BCUT2D eigenvalue weighted by Crippen LogP contribution is 2.41. The fraction of sp³-hybridized carbons (Fsp3) is 0.533. The summed E-state index contributed by atoms with van der Waals surface area (Å²) in [5.74, 6) is -4.85. The number of hydrogen-bond acceptors (Lipinski definition) is 3. The van der Waals surface area contributed by atoms with Gasteiger partial charge >= 0.3 is 0 Å². The summed E-state index contributed by atoms with van der Waals surface area (Å²) in [4.78, 5) is 12.3. The number of carbonyl (C=O) groups is 1. The molecule has 2 aliphatic heterocycles. The predicted molar refractivity (Wildman–Crippen MR) is 73.5 cm³/mol. The standard InChI is InChI=1S/C15H15F3O3S/c16-12-3-8(4-13(17)15(12)18)5-14(19)9-6-10-1-2-11(7-9)22(10,20)21/h3-4,9-11H,1-2,5-7H2. The molecule has 120 valence electrons. The molecule has 2 atom stereocenters. The van der Waals surface area contributed by atoms with Gasteiger partial charge < -0.3 is 0 Å². The second-order valence-corrected chi connectivity index (χ2v) is 8.61. The molecule has 1 aromatic carbocycles. The summed E-state index contributed by atoms with van der Waals surface area (Å²) in [6.45, 7) is 0. The molecule has 1 aromatic rings. The third-order valence-corrected chi connectivity index (χ3v) is 7.43. The number of hydrogen-bond donors (Lipinski definition) is 0. The predicted octanol–water partition coefficient (Wildman–Crippen LogP) is 2.57. The second kappa shape index (κ2) is 5.37. The Bertz CT molecular complexity index is 687. The van der Waals surface area contributed by atoms with Crippen molar-refractivity contribution < 1.29 is 26.4 Å². The lowest BCUT2D eigenvalue weighted by molar-refractivity contribution is -0.122. The Balaban J connectivity index is 1.74. The van der Waals surface area contributed by atoms with E-state index in [-0.39, 0.29) is 30.6 Å². The average Bonchev–Trinajstić information content (AvgIpc) is 2.65. The van der Waals surface area contributed by atoms with E-state index in [0.717, 1.165) is 12.1 Å². The van der Waals surface area contributed by atoms with Crippen LogP contribution in [-0.4, -0.2) is 24.7 Å². The van der Waals surface area contributed by atoms with E-state index < -0.39 is 43.7 Å². The van der Waals surface area contributed by atoms with Crippen molar-refractivity contribution in [3.8, 4) is 0 Å². The number of sulfone groups is 1. The van der Waals surface area contributed by atoms with Crippen molar-refractivity contribution in [2.45, 2.75) is 42.6 Å². The summed E-state index contributed by atoms with van der Waals surface area (Å²) in [7, 11) is -3.11. The third kappa shape index (κ3) is 2.55. The van der Waals surface area contributed by atoms with E-state index in [1.165, 1.54) is 0 Å². The highest BCUT2D eigenvalue weighted by atomic mass is 32.2. The first-order valence-corrected chi connectivity index (χ1v) is 8.79. The lowest BCUT2D eigenvalue weighted by Gasteiger charge is -2.27. The Labute approximate surface area is 126 Å². The van der Waals surface area contributed by atoms with Gasteiger partial charge in [-0.2, -0.15) is 0 Å². The summed E-state index contributed by atoms with van der Waals surface area (Å²) in [6.07, 6.45) is 1.51. The average molecular weight is 332 g/mol. The quantitative estimate of drug-likeness (QED) is 0.800. The summed E-state index contributed by atoms with van der Waals surface area (Å²) in [5.41, 5.74) is 0.0715. The van der Waals surface area contributed by atoms with Gasteiger partial charge in [0.1, 0.15) is 5.78 Å². The number of halogens is 3. The summed E-state index contributed by atoms with van der Waals surface area (Å²) < 4.78 is 63.2. The molecule has 7 heteroatoms. The van der Waals surface area contributed by atoms with Crippen molar-refractivity contribution >= 4 is 15.6 Å².